The van der Waals surface area contributed by atoms with Gasteiger partial charge in [0.15, 0.2) is 0 Å². The zero-order chi connectivity index (χ0) is 19.1. The van der Waals surface area contributed by atoms with E-state index in [4.69, 9.17) is 0 Å². The first-order chi connectivity index (χ1) is 12.9. The number of rotatable bonds is 3. The van der Waals surface area contributed by atoms with E-state index in [1.54, 1.807) is 58.7 Å². The lowest BCUT2D eigenvalue weighted by Crippen LogP contribution is -2.38. The fraction of sp³-hybridized carbons (Fsp3) is 0.316. The maximum atomic E-state index is 13.8. The van der Waals surface area contributed by atoms with E-state index in [2.05, 4.69) is 10.2 Å². The van der Waals surface area contributed by atoms with Crippen molar-refractivity contribution in [3.8, 4) is 0 Å². The van der Waals surface area contributed by atoms with Gasteiger partial charge >= 0.3 is 0 Å². The Bertz CT molecular complexity index is 1010. The molecule has 1 N–H and O–H groups in total. The Morgan fingerprint density at radius 2 is 2.07 bits per heavy atom. The van der Waals surface area contributed by atoms with Crippen molar-refractivity contribution < 1.29 is 14.3 Å². The van der Waals surface area contributed by atoms with Crippen LogP contribution in [0.2, 0.25) is 0 Å². The normalized spacial score (nSPS) is 14.9. The van der Waals surface area contributed by atoms with Gasteiger partial charge in [0.25, 0.3) is 5.91 Å². The van der Waals surface area contributed by atoms with E-state index in [1.165, 1.54) is 6.07 Å². The molecular formula is C19H20FN5O2. The number of halogens is 1. The van der Waals surface area contributed by atoms with Gasteiger partial charge in [-0.2, -0.15) is 10.2 Å². The van der Waals surface area contributed by atoms with Crippen molar-refractivity contribution in [2.45, 2.75) is 26.1 Å². The van der Waals surface area contributed by atoms with Gasteiger partial charge in [-0.15, -0.1) is 0 Å². The van der Waals surface area contributed by atoms with Gasteiger partial charge in [0.05, 0.1) is 30.2 Å². The number of carbonyl (C=O) groups excluding carboxylic acids is 1. The highest BCUT2D eigenvalue weighted by atomic mass is 19.1. The van der Waals surface area contributed by atoms with E-state index >= 15 is 0 Å². The number of fused-ring (bicyclic) bond motifs is 1. The fourth-order valence-corrected chi connectivity index (χ4v) is 3.31. The van der Waals surface area contributed by atoms with Gasteiger partial charge in [-0.25, -0.2) is 4.39 Å². The van der Waals surface area contributed by atoms with Crippen LogP contribution < -0.4 is 0 Å². The number of carbonyl (C=O) groups is 1. The number of benzene rings is 1. The minimum Gasteiger partial charge on any atom is -0.380 e. The minimum absolute atomic E-state index is 0.213. The van der Waals surface area contributed by atoms with Crippen LogP contribution in [0.25, 0.3) is 0 Å². The van der Waals surface area contributed by atoms with Gasteiger partial charge < -0.3 is 10.0 Å². The predicted octanol–water partition coefficient (Wildman–Crippen LogP) is 1.80. The molecule has 0 unspecified atom stereocenters. The molecule has 1 atom stereocenters. The van der Waals surface area contributed by atoms with Gasteiger partial charge in [-0.05, 0) is 36.8 Å². The maximum absolute atomic E-state index is 13.8. The molecule has 1 aromatic carbocycles. The maximum Gasteiger partial charge on any atom is 0.254 e. The molecule has 1 aliphatic heterocycles. The third-order valence-electron chi connectivity index (χ3n) is 4.94. The third kappa shape index (κ3) is 3.12. The highest BCUT2D eigenvalue weighted by Gasteiger charge is 2.26. The summed E-state index contributed by atoms with van der Waals surface area (Å²) in [6.07, 6.45) is 0.737. The first-order valence-electron chi connectivity index (χ1n) is 8.72. The molecule has 27 heavy (non-hydrogen) atoms. The van der Waals surface area contributed by atoms with Crippen molar-refractivity contribution >= 4 is 5.91 Å². The number of hydrogen-bond donors (Lipinski definition) is 1. The van der Waals surface area contributed by atoms with Crippen LogP contribution in [0.1, 0.15) is 39.1 Å². The quantitative estimate of drug-likeness (QED) is 0.764. The standard InChI is InChI=1S/C19H20FN5O2/c1-12-3-4-13(9-15(12)20)19(27)24-7-8-25-14(11-24)10-16(22-25)18(26)17-5-6-21-23(17)2/h3-6,9-10,18,26H,7-8,11H2,1-2H3/t18-/m1/s1. The molecule has 7 nitrogen and oxygen atoms in total. The number of aromatic nitrogens is 4. The average molecular weight is 369 g/mol. The van der Waals surface area contributed by atoms with Gasteiger partial charge in [0, 0.05) is 25.4 Å². The number of aliphatic hydroxyl groups excluding tert-OH is 1. The van der Waals surface area contributed by atoms with Crippen molar-refractivity contribution in [3.63, 3.8) is 0 Å². The molecule has 3 aromatic rings. The molecule has 0 saturated heterocycles. The molecular weight excluding hydrogens is 349 g/mol. The Labute approximate surface area is 155 Å². The number of nitrogens with zero attached hydrogens (tertiary/aromatic N) is 5. The van der Waals surface area contributed by atoms with E-state index in [0.29, 0.717) is 42.1 Å². The van der Waals surface area contributed by atoms with E-state index in [-0.39, 0.29) is 11.7 Å². The highest BCUT2D eigenvalue weighted by molar-refractivity contribution is 5.94. The summed E-state index contributed by atoms with van der Waals surface area (Å²) in [5, 5.41) is 19.1. The Balaban J connectivity index is 1.55. The second-order valence-electron chi connectivity index (χ2n) is 6.76. The summed E-state index contributed by atoms with van der Waals surface area (Å²) in [4.78, 5) is 14.4. The number of aryl methyl sites for hydroxylation is 2. The molecule has 140 valence electrons. The molecule has 0 saturated carbocycles. The highest BCUT2D eigenvalue weighted by Crippen LogP contribution is 2.24. The summed E-state index contributed by atoms with van der Waals surface area (Å²) < 4.78 is 17.2. The summed E-state index contributed by atoms with van der Waals surface area (Å²) in [6, 6.07) is 8.07. The molecule has 1 amide bonds. The van der Waals surface area contributed by atoms with Crippen molar-refractivity contribution in [1.82, 2.24) is 24.5 Å². The van der Waals surface area contributed by atoms with Crippen LogP contribution in [0, 0.1) is 12.7 Å². The van der Waals surface area contributed by atoms with E-state index in [1.807, 2.05) is 0 Å². The average Bonchev–Trinajstić information content (AvgIpc) is 3.28. The number of aliphatic hydroxyl groups is 1. The van der Waals surface area contributed by atoms with Gasteiger partial charge in [0.1, 0.15) is 11.9 Å². The van der Waals surface area contributed by atoms with Gasteiger partial charge in [-0.3, -0.25) is 14.2 Å². The molecule has 3 heterocycles. The van der Waals surface area contributed by atoms with E-state index in [0.717, 1.165) is 5.69 Å². The molecule has 1 aliphatic rings. The Hall–Kier alpha value is -3.00. The molecule has 8 heteroatoms. The van der Waals surface area contributed by atoms with Crippen molar-refractivity contribution in [1.29, 1.82) is 0 Å². The first kappa shape index (κ1) is 17.4. The first-order valence-corrected chi connectivity index (χ1v) is 8.72. The number of amides is 1. The molecule has 2 aromatic heterocycles. The molecule has 0 aliphatic carbocycles. The predicted molar refractivity (Wildman–Crippen MR) is 95.4 cm³/mol. The minimum atomic E-state index is -0.883. The smallest absolute Gasteiger partial charge is 0.254 e. The fourth-order valence-electron chi connectivity index (χ4n) is 3.31. The SMILES string of the molecule is Cc1ccc(C(=O)N2CCn3nc([C@@H](O)c4ccnn4C)cc3C2)cc1F. The van der Waals surface area contributed by atoms with Crippen LogP contribution in [0.5, 0.6) is 0 Å². The summed E-state index contributed by atoms with van der Waals surface area (Å²) in [7, 11) is 1.76. The van der Waals surface area contributed by atoms with Gasteiger partial charge in [0.2, 0.25) is 0 Å². The van der Waals surface area contributed by atoms with Crippen LogP contribution in [0.3, 0.4) is 0 Å². The summed E-state index contributed by atoms with van der Waals surface area (Å²) in [5.41, 5.74) is 2.84. The lowest BCUT2D eigenvalue weighted by Gasteiger charge is -2.27. The van der Waals surface area contributed by atoms with E-state index in [9.17, 15) is 14.3 Å². The van der Waals surface area contributed by atoms with Crippen molar-refractivity contribution in [2.24, 2.45) is 7.05 Å². The zero-order valence-electron chi connectivity index (χ0n) is 15.1. The third-order valence-corrected chi connectivity index (χ3v) is 4.94. The lowest BCUT2D eigenvalue weighted by molar-refractivity contribution is 0.0705. The van der Waals surface area contributed by atoms with Crippen molar-refractivity contribution in [2.75, 3.05) is 6.54 Å². The molecule has 0 fully saturated rings. The van der Waals surface area contributed by atoms with Crippen LogP contribution >= 0.6 is 0 Å². The summed E-state index contributed by atoms with van der Waals surface area (Å²) in [5.74, 6) is -0.598. The lowest BCUT2D eigenvalue weighted by atomic mass is 10.1. The van der Waals surface area contributed by atoms with Crippen LogP contribution in [0.15, 0.2) is 36.5 Å². The van der Waals surface area contributed by atoms with Crippen molar-refractivity contribution in [3.05, 3.63) is 70.6 Å². The molecule has 0 spiro atoms. The topological polar surface area (TPSA) is 76.2 Å². The summed E-state index contributed by atoms with van der Waals surface area (Å²) >= 11 is 0. The second kappa shape index (κ2) is 6.62. The largest absolute Gasteiger partial charge is 0.380 e. The molecule has 4 rings (SSSR count). The second-order valence-corrected chi connectivity index (χ2v) is 6.76. The molecule has 0 radical (unpaired) electrons. The van der Waals surface area contributed by atoms with Gasteiger partial charge in [-0.1, -0.05) is 6.07 Å². The Morgan fingerprint density at radius 3 is 2.78 bits per heavy atom. The van der Waals surface area contributed by atoms with Crippen LogP contribution in [-0.4, -0.2) is 42.0 Å². The van der Waals surface area contributed by atoms with Crippen LogP contribution in [0.4, 0.5) is 4.39 Å². The number of hydrogen-bond acceptors (Lipinski definition) is 4. The molecule has 0 bridgehead atoms. The Kier molecular flexibility index (Phi) is 4.27. The summed E-state index contributed by atoms with van der Waals surface area (Å²) in [6.45, 7) is 3.02. The Morgan fingerprint density at radius 1 is 1.26 bits per heavy atom. The zero-order valence-corrected chi connectivity index (χ0v) is 15.1. The van der Waals surface area contributed by atoms with Crippen LogP contribution in [-0.2, 0) is 20.1 Å². The van der Waals surface area contributed by atoms with E-state index < -0.39 is 6.10 Å². The monoisotopic (exact) mass is 369 g/mol.